The molecule has 0 aromatic carbocycles. The zero-order valence-electron chi connectivity index (χ0n) is 8.14. The highest BCUT2D eigenvalue weighted by Gasteiger charge is 2.12. The number of aliphatic hydroxyl groups excluding tert-OH is 1. The number of aryl methyl sites for hydroxylation is 1. The quantitative estimate of drug-likeness (QED) is 0.849. The molecule has 0 aliphatic carbocycles. The first-order valence-corrected chi connectivity index (χ1v) is 5.39. The van der Waals surface area contributed by atoms with Crippen LogP contribution < -0.4 is 0 Å². The van der Waals surface area contributed by atoms with Gasteiger partial charge in [-0.1, -0.05) is 0 Å². The summed E-state index contributed by atoms with van der Waals surface area (Å²) in [6.07, 6.45) is 0.341. The van der Waals surface area contributed by atoms with Crippen molar-refractivity contribution in [3.05, 3.63) is 51.7 Å². The fraction of sp³-hybridized carbons (Fsp3) is 0.182. The topological polar surface area (TPSA) is 33.1 Å². The summed E-state index contributed by atoms with van der Waals surface area (Å²) in [7, 11) is 0. The van der Waals surface area contributed by atoms with Crippen LogP contribution in [0.5, 0.6) is 0 Å². The molecule has 15 heavy (non-hydrogen) atoms. The molecular formula is C11H10FNOS. The minimum atomic E-state index is -0.768. The summed E-state index contributed by atoms with van der Waals surface area (Å²) in [6, 6.07) is 4.69. The molecule has 4 heteroatoms. The lowest BCUT2D eigenvalue weighted by Crippen LogP contribution is -2.00. The average Bonchev–Trinajstić information content (AvgIpc) is 2.65. The molecule has 0 radical (unpaired) electrons. The Hall–Kier alpha value is -1.26. The van der Waals surface area contributed by atoms with E-state index in [1.165, 1.54) is 12.1 Å². The lowest BCUT2D eigenvalue weighted by atomic mass is 10.1. The first kappa shape index (κ1) is 10.3. The molecule has 0 fully saturated rings. The molecule has 1 atom stereocenters. The van der Waals surface area contributed by atoms with E-state index in [-0.39, 0.29) is 0 Å². The second kappa shape index (κ2) is 4.08. The Balaban J connectivity index is 2.28. The molecule has 1 unspecified atom stereocenters. The van der Waals surface area contributed by atoms with E-state index in [9.17, 15) is 9.50 Å². The second-order valence-electron chi connectivity index (χ2n) is 3.29. The number of halogens is 1. The van der Waals surface area contributed by atoms with Crippen LogP contribution in [0.4, 0.5) is 4.39 Å². The van der Waals surface area contributed by atoms with E-state index in [4.69, 9.17) is 0 Å². The summed E-state index contributed by atoms with van der Waals surface area (Å²) < 4.78 is 12.6. The molecule has 2 rings (SSSR count). The molecule has 0 spiro atoms. The highest BCUT2D eigenvalue weighted by Crippen LogP contribution is 2.24. The van der Waals surface area contributed by atoms with Crippen LogP contribution in [0.3, 0.4) is 0 Å². The lowest BCUT2D eigenvalue weighted by molar-refractivity contribution is 0.215. The third-order valence-electron chi connectivity index (χ3n) is 2.10. The van der Waals surface area contributed by atoms with Gasteiger partial charge in [-0.05, 0) is 36.1 Å². The molecular weight excluding hydrogens is 213 g/mol. The first-order chi connectivity index (χ1) is 7.16. The molecule has 0 bridgehead atoms. The van der Waals surface area contributed by atoms with Gasteiger partial charge in [-0.15, -0.1) is 11.3 Å². The van der Waals surface area contributed by atoms with Gasteiger partial charge in [-0.25, -0.2) is 4.39 Å². The predicted molar refractivity (Wildman–Crippen MR) is 57.3 cm³/mol. The number of thiophene rings is 1. The molecule has 1 N–H and O–H groups in total. The zero-order valence-corrected chi connectivity index (χ0v) is 8.96. The molecule has 2 aromatic rings. The summed E-state index contributed by atoms with van der Waals surface area (Å²) >= 11 is 1.57. The Kier molecular flexibility index (Phi) is 2.79. The van der Waals surface area contributed by atoms with Crippen molar-refractivity contribution in [2.45, 2.75) is 13.0 Å². The Morgan fingerprint density at radius 3 is 2.80 bits per heavy atom. The van der Waals surface area contributed by atoms with Gasteiger partial charge >= 0.3 is 0 Å². The van der Waals surface area contributed by atoms with Gasteiger partial charge in [0, 0.05) is 4.88 Å². The van der Waals surface area contributed by atoms with Crippen molar-refractivity contribution < 1.29 is 9.50 Å². The van der Waals surface area contributed by atoms with Gasteiger partial charge < -0.3 is 5.11 Å². The smallest absolute Gasteiger partial charge is 0.141 e. The second-order valence-corrected chi connectivity index (χ2v) is 4.41. The third-order valence-corrected chi connectivity index (χ3v) is 2.98. The van der Waals surface area contributed by atoms with Crippen molar-refractivity contribution >= 4 is 11.3 Å². The van der Waals surface area contributed by atoms with Crippen LogP contribution in [-0.2, 0) is 0 Å². The van der Waals surface area contributed by atoms with E-state index in [1.807, 2.05) is 18.4 Å². The molecule has 2 aromatic heterocycles. The van der Waals surface area contributed by atoms with Crippen molar-refractivity contribution in [2.24, 2.45) is 0 Å². The average molecular weight is 223 g/mol. The molecule has 0 saturated carbocycles. The van der Waals surface area contributed by atoms with E-state index >= 15 is 0 Å². The fourth-order valence-electron chi connectivity index (χ4n) is 1.33. The zero-order chi connectivity index (χ0) is 10.8. The van der Waals surface area contributed by atoms with E-state index in [1.54, 1.807) is 11.3 Å². The van der Waals surface area contributed by atoms with Gasteiger partial charge in [0.15, 0.2) is 0 Å². The number of hydrogen-bond donors (Lipinski definition) is 1. The van der Waals surface area contributed by atoms with Crippen molar-refractivity contribution in [1.82, 2.24) is 4.98 Å². The third kappa shape index (κ3) is 2.22. The van der Waals surface area contributed by atoms with E-state index in [2.05, 4.69) is 4.98 Å². The highest BCUT2D eigenvalue weighted by atomic mass is 32.1. The van der Waals surface area contributed by atoms with Crippen molar-refractivity contribution in [3.8, 4) is 0 Å². The normalized spacial score (nSPS) is 12.7. The summed E-state index contributed by atoms with van der Waals surface area (Å²) in [5.41, 5.74) is 1.27. The molecule has 2 nitrogen and oxygen atoms in total. The predicted octanol–water partition coefficient (Wildman–Crippen LogP) is 2.67. The van der Waals surface area contributed by atoms with Gasteiger partial charge in [-0.2, -0.15) is 0 Å². The van der Waals surface area contributed by atoms with Crippen LogP contribution in [0.2, 0.25) is 0 Å². The van der Waals surface area contributed by atoms with E-state index in [0.29, 0.717) is 5.69 Å². The minimum absolute atomic E-state index is 0.396. The molecule has 2 heterocycles. The maximum atomic E-state index is 12.6. The van der Waals surface area contributed by atoms with Crippen LogP contribution in [0.25, 0.3) is 0 Å². The SMILES string of the molecule is Cc1cc(C(O)c2ccc(F)cn2)cs1. The van der Waals surface area contributed by atoms with Crippen molar-refractivity contribution in [1.29, 1.82) is 0 Å². The highest BCUT2D eigenvalue weighted by molar-refractivity contribution is 7.10. The van der Waals surface area contributed by atoms with Crippen LogP contribution in [0.15, 0.2) is 29.8 Å². The van der Waals surface area contributed by atoms with Crippen molar-refractivity contribution in [3.63, 3.8) is 0 Å². The van der Waals surface area contributed by atoms with Crippen LogP contribution >= 0.6 is 11.3 Å². The molecule has 78 valence electrons. The van der Waals surface area contributed by atoms with Crippen LogP contribution in [0, 0.1) is 12.7 Å². The number of rotatable bonds is 2. The van der Waals surface area contributed by atoms with Gasteiger partial charge in [0.1, 0.15) is 11.9 Å². The van der Waals surface area contributed by atoms with Crippen molar-refractivity contribution in [2.75, 3.05) is 0 Å². The summed E-state index contributed by atoms with van der Waals surface area (Å²) in [6.45, 7) is 1.97. The van der Waals surface area contributed by atoms with Gasteiger partial charge in [0.05, 0.1) is 11.9 Å². The Labute approximate surface area is 91.0 Å². The molecule has 0 saturated heterocycles. The van der Waals surface area contributed by atoms with Gasteiger partial charge in [0.25, 0.3) is 0 Å². The summed E-state index contributed by atoms with van der Waals surface area (Å²) in [5.74, 6) is -0.396. The minimum Gasteiger partial charge on any atom is -0.382 e. The fourth-order valence-corrected chi connectivity index (χ4v) is 2.05. The van der Waals surface area contributed by atoms with Crippen LogP contribution in [0.1, 0.15) is 22.2 Å². The number of hydrogen-bond acceptors (Lipinski definition) is 3. The number of aliphatic hydroxyl groups is 1. The van der Waals surface area contributed by atoms with E-state index in [0.717, 1.165) is 16.6 Å². The number of aromatic nitrogens is 1. The monoisotopic (exact) mass is 223 g/mol. The number of nitrogens with zero attached hydrogens (tertiary/aromatic N) is 1. The standard InChI is InChI=1S/C11H10FNOS/c1-7-4-8(6-15-7)11(14)10-3-2-9(12)5-13-10/h2-6,11,14H,1H3. The first-order valence-electron chi connectivity index (χ1n) is 4.51. The number of pyridine rings is 1. The van der Waals surface area contributed by atoms with Gasteiger partial charge in [-0.3, -0.25) is 4.98 Å². The Bertz CT molecular complexity index is 452. The molecule has 0 aliphatic heterocycles. The van der Waals surface area contributed by atoms with Gasteiger partial charge in [0.2, 0.25) is 0 Å². The molecule has 0 aliphatic rings. The maximum Gasteiger partial charge on any atom is 0.141 e. The van der Waals surface area contributed by atoms with E-state index < -0.39 is 11.9 Å². The summed E-state index contributed by atoms with van der Waals surface area (Å²) in [4.78, 5) is 4.97. The molecule has 0 amide bonds. The largest absolute Gasteiger partial charge is 0.382 e. The summed E-state index contributed by atoms with van der Waals surface area (Å²) in [5, 5.41) is 11.8. The Morgan fingerprint density at radius 2 is 2.27 bits per heavy atom. The maximum absolute atomic E-state index is 12.6. The van der Waals surface area contributed by atoms with Crippen LogP contribution in [-0.4, -0.2) is 10.1 Å². The lowest BCUT2D eigenvalue weighted by Gasteiger charge is -2.07. The Morgan fingerprint density at radius 1 is 1.47 bits per heavy atom.